The van der Waals surface area contributed by atoms with Gasteiger partial charge in [0, 0.05) is 30.2 Å². The maximum atomic E-state index is 12.8. The van der Waals surface area contributed by atoms with Gasteiger partial charge in [0.05, 0.1) is 11.4 Å². The van der Waals surface area contributed by atoms with E-state index in [-0.39, 0.29) is 17.4 Å². The quantitative estimate of drug-likeness (QED) is 0.767. The van der Waals surface area contributed by atoms with Gasteiger partial charge in [0.25, 0.3) is 0 Å². The molecule has 3 aromatic rings. The van der Waals surface area contributed by atoms with Crippen LogP contribution in [0.1, 0.15) is 25.8 Å². The molecule has 1 aliphatic heterocycles. The number of fused-ring (bicyclic) bond motifs is 1. The van der Waals surface area contributed by atoms with E-state index in [1.807, 2.05) is 30.3 Å². The topological polar surface area (TPSA) is 58.1 Å². The fourth-order valence-electron chi connectivity index (χ4n) is 3.81. The lowest BCUT2D eigenvalue weighted by Gasteiger charge is -2.31. The number of likely N-dealkylation sites (tertiary alicyclic amines) is 1. The molecule has 0 spiro atoms. The zero-order chi connectivity index (χ0) is 18.9. The van der Waals surface area contributed by atoms with Crippen LogP contribution in [0.15, 0.2) is 60.8 Å². The fourth-order valence-corrected chi connectivity index (χ4v) is 3.81. The van der Waals surface area contributed by atoms with Crippen LogP contribution in [0.5, 0.6) is 0 Å². The molecule has 1 saturated heterocycles. The van der Waals surface area contributed by atoms with Crippen molar-refractivity contribution in [1.82, 2.24) is 14.9 Å². The lowest BCUT2D eigenvalue weighted by molar-refractivity contribution is -0.119. The molecule has 1 aliphatic rings. The fraction of sp³-hybridized carbons (Fsp3) is 0.318. The monoisotopic (exact) mass is 360 g/mol. The second-order valence-electron chi connectivity index (χ2n) is 7.82. The minimum Gasteiger partial charge on any atom is -0.294 e. The van der Waals surface area contributed by atoms with Crippen LogP contribution in [0, 0.1) is 5.92 Å². The standard InChI is InChI=1S/C22H24N4O/c1-22(2)12-18(15-26(22)14-16-8-4-3-5-9-16)20(27)25-21-23-13-17-10-6-7-11-19(17)24-21/h3-11,13,18H,12,14-15H2,1-2H3,(H,23,24,25,27). The Bertz CT molecular complexity index is 955. The Balaban J connectivity index is 1.45. The Morgan fingerprint density at radius 2 is 1.89 bits per heavy atom. The number of carbonyl (C=O) groups excluding carboxylic acids is 1. The maximum Gasteiger partial charge on any atom is 0.231 e. The summed E-state index contributed by atoms with van der Waals surface area (Å²) in [6.07, 6.45) is 2.57. The van der Waals surface area contributed by atoms with Gasteiger partial charge in [-0.1, -0.05) is 48.5 Å². The molecule has 138 valence electrons. The summed E-state index contributed by atoms with van der Waals surface area (Å²) in [5, 5.41) is 3.87. The minimum absolute atomic E-state index is 0.00563. The molecular formula is C22H24N4O. The molecule has 5 nitrogen and oxygen atoms in total. The predicted molar refractivity (Wildman–Crippen MR) is 107 cm³/mol. The third-order valence-electron chi connectivity index (χ3n) is 5.35. The average Bonchev–Trinajstić information content (AvgIpc) is 2.97. The summed E-state index contributed by atoms with van der Waals surface area (Å²) in [7, 11) is 0. The number of nitrogens with one attached hydrogen (secondary N) is 1. The number of rotatable bonds is 4. The summed E-state index contributed by atoms with van der Waals surface area (Å²) in [5.74, 6) is 0.297. The van der Waals surface area contributed by atoms with Crippen molar-refractivity contribution in [3.05, 3.63) is 66.4 Å². The van der Waals surface area contributed by atoms with Crippen LogP contribution in [0.25, 0.3) is 10.9 Å². The largest absolute Gasteiger partial charge is 0.294 e. The molecule has 0 radical (unpaired) electrons. The molecule has 4 rings (SSSR count). The van der Waals surface area contributed by atoms with E-state index in [4.69, 9.17) is 0 Å². The molecule has 2 heterocycles. The van der Waals surface area contributed by atoms with Crippen LogP contribution in [0.3, 0.4) is 0 Å². The lowest BCUT2D eigenvalue weighted by Crippen LogP contribution is -2.37. The first-order valence-corrected chi connectivity index (χ1v) is 9.33. The van der Waals surface area contributed by atoms with Crippen molar-refractivity contribution in [3.8, 4) is 0 Å². The van der Waals surface area contributed by atoms with Crippen LogP contribution in [0.4, 0.5) is 5.95 Å². The lowest BCUT2D eigenvalue weighted by atomic mass is 9.95. The van der Waals surface area contributed by atoms with Crippen molar-refractivity contribution in [2.45, 2.75) is 32.4 Å². The van der Waals surface area contributed by atoms with Crippen molar-refractivity contribution >= 4 is 22.8 Å². The van der Waals surface area contributed by atoms with Gasteiger partial charge in [-0.15, -0.1) is 0 Å². The van der Waals surface area contributed by atoms with E-state index in [1.54, 1.807) is 6.20 Å². The highest BCUT2D eigenvalue weighted by molar-refractivity contribution is 5.92. The normalized spacial score (nSPS) is 19.3. The van der Waals surface area contributed by atoms with Gasteiger partial charge in [-0.3, -0.25) is 15.0 Å². The van der Waals surface area contributed by atoms with Gasteiger partial charge in [-0.05, 0) is 31.9 Å². The van der Waals surface area contributed by atoms with Gasteiger partial charge in [0.15, 0.2) is 0 Å². The van der Waals surface area contributed by atoms with Crippen molar-refractivity contribution in [2.24, 2.45) is 5.92 Å². The van der Waals surface area contributed by atoms with Crippen molar-refractivity contribution in [1.29, 1.82) is 0 Å². The Kier molecular flexibility index (Phi) is 4.62. The van der Waals surface area contributed by atoms with Crippen LogP contribution < -0.4 is 5.32 Å². The molecule has 0 bridgehead atoms. The number of para-hydroxylation sites is 1. The van der Waals surface area contributed by atoms with Gasteiger partial charge >= 0.3 is 0 Å². The van der Waals surface area contributed by atoms with Gasteiger partial charge in [-0.25, -0.2) is 9.97 Å². The first kappa shape index (κ1) is 17.6. The summed E-state index contributed by atoms with van der Waals surface area (Å²) in [4.78, 5) is 23.9. The van der Waals surface area contributed by atoms with E-state index in [2.05, 4.69) is 58.3 Å². The summed E-state index contributed by atoms with van der Waals surface area (Å²) in [5.41, 5.74) is 2.08. The molecule has 1 atom stereocenters. The molecule has 1 amide bonds. The Hall–Kier alpha value is -2.79. The van der Waals surface area contributed by atoms with E-state index >= 15 is 0 Å². The van der Waals surface area contributed by atoms with Crippen molar-refractivity contribution < 1.29 is 4.79 Å². The Labute approximate surface area is 159 Å². The number of hydrogen-bond acceptors (Lipinski definition) is 4. The molecule has 0 aliphatic carbocycles. The van der Waals surface area contributed by atoms with Gasteiger partial charge in [-0.2, -0.15) is 0 Å². The van der Waals surface area contributed by atoms with E-state index in [0.29, 0.717) is 5.95 Å². The molecule has 27 heavy (non-hydrogen) atoms. The highest BCUT2D eigenvalue weighted by atomic mass is 16.2. The zero-order valence-electron chi connectivity index (χ0n) is 15.7. The molecule has 5 heteroatoms. The van der Waals surface area contributed by atoms with Crippen LogP contribution in [-0.2, 0) is 11.3 Å². The second-order valence-corrected chi connectivity index (χ2v) is 7.82. The first-order chi connectivity index (χ1) is 13.0. The number of hydrogen-bond donors (Lipinski definition) is 1. The van der Waals surface area contributed by atoms with Crippen molar-refractivity contribution in [3.63, 3.8) is 0 Å². The number of anilines is 1. The second kappa shape index (κ2) is 7.08. The van der Waals surface area contributed by atoms with Crippen LogP contribution in [-0.4, -0.2) is 32.9 Å². The van der Waals surface area contributed by atoms with Crippen molar-refractivity contribution in [2.75, 3.05) is 11.9 Å². The van der Waals surface area contributed by atoms with E-state index < -0.39 is 0 Å². The number of benzene rings is 2. The highest BCUT2D eigenvalue weighted by Gasteiger charge is 2.41. The molecule has 0 saturated carbocycles. The third kappa shape index (κ3) is 3.83. The average molecular weight is 360 g/mol. The summed E-state index contributed by atoms with van der Waals surface area (Å²) in [6.45, 7) is 6.00. The van der Waals surface area contributed by atoms with Gasteiger partial charge < -0.3 is 0 Å². The van der Waals surface area contributed by atoms with Gasteiger partial charge in [0.1, 0.15) is 0 Å². The minimum atomic E-state index is -0.0706. The Morgan fingerprint density at radius 3 is 2.70 bits per heavy atom. The maximum absolute atomic E-state index is 12.8. The van der Waals surface area contributed by atoms with E-state index in [1.165, 1.54) is 5.56 Å². The molecule has 2 aromatic carbocycles. The third-order valence-corrected chi connectivity index (χ3v) is 5.35. The molecule has 1 N–H and O–H groups in total. The number of amides is 1. The number of aromatic nitrogens is 2. The zero-order valence-corrected chi connectivity index (χ0v) is 15.7. The first-order valence-electron chi connectivity index (χ1n) is 9.33. The van der Waals surface area contributed by atoms with E-state index in [0.717, 1.165) is 30.4 Å². The molecule has 1 unspecified atom stereocenters. The smallest absolute Gasteiger partial charge is 0.231 e. The molecule has 1 fully saturated rings. The molecule has 1 aromatic heterocycles. The number of carbonyl (C=O) groups is 1. The molecular weight excluding hydrogens is 336 g/mol. The Morgan fingerprint density at radius 1 is 1.15 bits per heavy atom. The predicted octanol–water partition coefficient (Wildman–Crippen LogP) is 3.87. The summed E-state index contributed by atoms with van der Waals surface area (Å²) >= 11 is 0. The number of nitrogens with zero attached hydrogens (tertiary/aromatic N) is 3. The van der Waals surface area contributed by atoms with Gasteiger partial charge in [0.2, 0.25) is 11.9 Å². The highest BCUT2D eigenvalue weighted by Crippen LogP contribution is 2.34. The summed E-state index contributed by atoms with van der Waals surface area (Å²) < 4.78 is 0. The summed E-state index contributed by atoms with van der Waals surface area (Å²) in [6, 6.07) is 18.2. The van der Waals surface area contributed by atoms with E-state index in [9.17, 15) is 4.79 Å². The SMILES string of the molecule is CC1(C)CC(C(=O)Nc2ncc3ccccc3n2)CN1Cc1ccccc1. The van der Waals surface area contributed by atoms with Crippen LogP contribution >= 0.6 is 0 Å². The van der Waals surface area contributed by atoms with Crippen LogP contribution in [0.2, 0.25) is 0 Å².